The lowest BCUT2D eigenvalue weighted by atomic mass is 10.2. The van der Waals surface area contributed by atoms with Gasteiger partial charge in [-0.25, -0.2) is 0 Å². The highest BCUT2D eigenvalue weighted by molar-refractivity contribution is 6.34. The summed E-state index contributed by atoms with van der Waals surface area (Å²) in [5.41, 5.74) is 0.638. The van der Waals surface area contributed by atoms with E-state index >= 15 is 0 Å². The van der Waals surface area contributed by atoms with Gasteiger partial charge in [0, 0.05) is 28.7 Å². The number of benzene rings is 1. The average molecular weight is 330 g/mol. The Hall–Kier alpha value is -1.52. The van der Waals surface area contributed by atoms with Crippen molar-refractivity contribution in [2.75, 3.05) is 6.54 Å². The fraction of sp³-hybridized carbons (Fsp3) is 0.333. The van der Waals surface area contributed by atoms with Crippen LogP contribution in [0.3, 0.4) is 0 Å². The zero-order chi connectivity index (χ0) is 16.0. The summed E-state index contributed by atoms with van der Waals surface area (Å²) in [5.74, 6) is -1.20. The van der Waals surface area contributed by atoms with Gasteiger partial charge in [0.15, 0.2) is 0 Å². The molecule has 0 unspecified atom stereocenters. The molecule has 1 N–H and O–H groups in total. The summed E-state index contributed by atoms with van der Waals surface area (Å²) < 4.78 is 0. The molecule has 1 aromatic rings. The number of hydrogen-bond acceptors (Lipinski definition) is 2. The molecular formula is C15H17Cl2NO3. The number of nitrogens with zero attached hydrogens (tertiary/aromatic N) is 1. The van der Waals surface area contributed by atoms with Gasteiger partial charge in [0.05, 0.1) is 6.42 Å². The number of hydrogen-bond donors (Lipinski definition) is 1. The van der Waals surface area contributed by atoms with Gasteiger partial charge >= 0.3 is 5.97 Å². The van der Waals surface area contributed by atoms with Crippen LogP contribution in [0.1, 0.15) is 25.8 Å². The SMILES string of the molecule is CC(C)N(CCC(=O)O)C(=O)/C=C/c1cc(Cl)ccc1Cl. The van der Waals surface area contributed by atoms with Crippen LogP contribution >= 0.6 is 23.2 Å². The lowest BCUT2D eigenvalue weighted by Gasteiger charge is -2.24. The summed E-state index contributed by atoms with van der Waals surface area (Å²) in [5, 5.41) is 9.73. The average Bonchev–Trinajstić information content (AvgIpc) is 2.39. The minimum absolute atomic E-state index is 0.0867. The topological polar surface area (TPSA) is 57.6 Å². The third-order valence-corrected chi connectivity index (χ3v) is 3.42. The molecule has 1 rings (SSSR count). The molecule has 0 spiro atoms. The molecule has 0 atom stereocenters. The molecule has 0 heterocycles. The molecule has 0 bridgehead atoms. The quantitative estimate of drug-likeness (QED) is 0.809. The van der Waals surface area contributed by atoms with Crippen molar-refractivity contribution < 1.29 is 14.7 Å². The van der Waals surface area contributed by atoms with Gasteiger partial charge in [0.1, 0.15) is 0 Å². The van der Waals surface area contributed by atoms with E-state index in [1.54, 1.807) is 24.3 Å². The van der Waals surface area contributed by atoms with E-state index in [-0.39, 0.29) is 24.9 Å². The van der Waals surface area contributed by atoms with Crippen LogP contribution in [0.15, 0.2) is 24.3 Å². The molecule has 0 aliphatic rings. The molecule has 114 valence electrons. The standard InChI is InChI=1S/C15H17Cl2NO3/c1-10(2)18(8-7-15(20)21)14(19)6-3-11-9-12(16)4-5-13(11)17/h3-6,9-10H,7-8H2,1-2H3,(H,20,21)/b6-3+. The molecule has 0 radical (unpaired) electrons. The van der Waals surface area contributed by atoms with Crippen LogP contribution < -0.4 is 0 Å². The van der Waals surface area contributed by atoms with E-state index in [4.69, 9.17) is 28.3 Å². The van der Waals surface area contributed by atoms with Gasteiger partial charge in [-0.05, 0) is 43.7 Å². The second-order valence-corrected chi connectivity index (χ2v) is 5.61. The van der Waals surface area contributed by atoms with Crippen LogP contribution in [0, 0.1) is 0 Å². The van der Waals surface area contributed by atoms with Gasteiger partial charge in [-0.1, -0.05) is 23.2 Å². The Morgan fingerprint density at radius 2 is 2.00 bits per heavy atom. The van der Waals surface area contributed by atoms with Crippen molar-refractivity contribution in [3.05, 3.63) is 39.9 Å². The predicted molar refractivity (Wildman–Crippen MR) is 84.6 cm³/mol. The Bertz CT molecular complexity index is 556. The number of aliphatic carboxylic acids is 1. The van der Waals surface area contributed by atoms with Crippen molar-refractivity contribution in [3.8, 4) is 0 Å². The van der Waals surface area contributed by atoms with E-state index < -0.39 is 5.97 Å². The number of rotatable bonds is 6. The monoisotopic (exact) mass is 329 g/mol. The molecule has 1 aromatic carbocycles. The Labute approximate surface area is 134 Å². The molecule has 0 aliphatic heterocycles. The first-order valence-corrected chi connectivity index (χ1v) is 7.22. The van der Waals surface area contributed by atoms with Crippen LogP contribution in [0.5, 0.6) is 0 Å². The van der Waals surface area contributed by atoms with Gasteiger partial charge in [-0.3, -0.25) is 9.59 Å². The fourth-order valence-corrected chi connectivity index (χ4v) is 2.10. The molecular weight excluding hydrogens is 313 g/mol. The zero-order valence-electron chi connectivity index (χ0n) is 11.8. The lowest BCUT2D eigenvalue weighted by molar-refractivity contribution is -0.138. The van der Waals surface area contributed by atoms with Crippen LogP contribution in [0.2, 0.25) is 10.0 Å². The Morgan fingerprint density at radius 3 is 2.57 bits per heavy atom. The lowest BCUT2D eigenvalue weighted by Crippen LogP contribution is -2.37. The highest BCUT2D eigenvalue weighted by Gasteiger charge is 2.15. The summed E-state index contributed by atoms with van der Waals surface area (Å²) in [6.07, 6.45) is 2.86. The molecule has 6 heteroatoms. The van der Waals surface area contributed by atoms with Crippen LogP contribution in [-0.2, 0) is 9.59 Å². The van der Waals surface area contributed by atoms with Crippen LogP contribution in [-0.4, -0.2) is 34.5 Å². The zero-order valence-corrected chi connectivity index (χ0v) is 13.4. The van der Waals surface area contributed by atoms with E-state index in [0.717, 1.165) is 0 Å². The number of carbonyl (C=O) groups excluding carboxylic acids is 1. The van der Waals surface area contributed by atoms with Crippen molar-refractivity contribution in [2.45, 2.75) is 26.3 Å². The molecule has 0 saturated heterocycles. The maximum atomic E-state index is 12.1. The minimum atomic E-state index is -0.935. The van der Waals surface area contributed by atoms with E-state index in [1.165, 1.54) is 11.0 Å². The third-order valence-electron chi connectivity index (χ3n) is 2.84. The molecule has 0 fully saturated rings. The van der Waals surface area contributed by atoms with Crippen molar-refractivity contribution in [1.82, 2.24) is 4.90 Å². The van der Waals surface area contributed by atoms with Crippen molar-refractivity contribution in [2.24, 2.45) is 0 Å². The van der Waals surface area contributed by atoms with Gasteiger partial charge in [0.25, 0.3) is 0 Å². The van der Waals surface area contributed by atoms with E-state index in [1.807, 2.05) is 13.8 Å². The predicted octanol–water partition coefficient (Wildman–Crippen LogP) is 3.72. The van der Waals surface area contributed by atoms with Gasteiger partial charge in [0.2, 0.25) is 5.91 Å². The molecule has 4 nitrogen and oxygen atoms in total. The van der Waals surface area contributed by atoms with Crippen molar-refractivity contribution >= 4 is 41.2 Å². The number of amides is 1. The Kier molecular flexibility index (Phi) is 6.72. The fourth-order valence-electron chi connectivity index (χ4n) is 1.74. The van der Waals surface area contributed by atoms with Gasteiger partial charge < -0.3 is 10.0 Å². The first-order valence-electron chi connectivity index (χ1n) is 6.46. The van der Waals surface area contributed by atoms with Crippen molar-refractivity contribution in [3.63, 3.8) is 0 Å². The second kappa shape index (κ2) is 8.05. The maximum Gasteiger partial charge on any atom is 0.305 e. The second-order valence-electron chi connectivity index (χ2n) is 4.77. The van der Waals surface area contributed by atoms with E-state index in [0.29, 0.717) is 15.6 Å². The summed E-state index contributed by atoms with van der Waals surface area (Å²) in [6.45, 7) is 3.83. The summed E-state index contributed by atoms with van der Waals surface area (Å²) in [6, 6.07) is 4.89. The number of carboxylic acid groups (broad SMARTS) is 1. The summed E-state index contributed by atoms with van der Waals surface area (Å²) in [4.78, 5) is 24.2. The highest BCUT2D eigenvalue weighted by atomic mass is 35.5. The van der Waals surface area contributed by atoms with Gasteiger partial charge in [-0.2, -0.15) is 0 Å². The Balaban J connectivity index is 2.83. The third kappa shape index (κ3) is 5.78. The highest BCUT2D eigenvalue weighted by Crippen LogP contribution is 2.21. The first-order chi connectivity index (χ1) is 9.81. The molecule has 0 saturated carbocycles. The van der Waals surface area contributed by atoms with E-state index in [9.17, 15) is 9.59 Å². The first kappa shape index (κ1) is 17.5. The number of carboxylic acids is 1. The number of carbonyl (C=O) groups is 2. The largest absolute Gasteiger partial charge is 0.481 e. The minimum Gasteiger partial charge on any atom is -0.481 e. The van der Waals surface area contributed by atoms with Crippen molar-refractivity contribution in [1.29, 1.82) is 0 Å². The summed E-state index contributed by atoms with van der Waals surface area (Å²) >= 11 is 11.9. The molecule has 0 aromatic heterocycles. The smallest absolute Gasteiger partial charge is 0.305 e. The Morgan fingerprint density at radius 1 is 1.33 bits per heavy atom. The molecule has 1 amide bonds. The normalized spacial score (nSPS) is 11.1. The molecule has 0 aliphatic carbocycles. The maximum absolute atomic E-state index is 12.1. The van der Waals surface area contributed by atoms with Crippen LogP contribution in [0.25, 0.3) is 6.08 Å². The summed E-state index contributed by atoms with van der Waals surface area (Å²) in [7, 11) is 0. The van der Waals surface area contributed by atoms with Gasteiger partial charge in [-0.15, -0.1) is 0 Å². The molecule has 21 heavy (non-hydrogen) atoms. The number of halogens is 2. The van der Waals surface area contributed by atoms with Crippen LogP contribution in [0.4, 0.5) is 0 Å². The van der Waals surface area contributed by atoms with E-state index in [2.05, 4.69) is 0 Å².